The van der Waals surface area contributed by atoms with Crippen molar-refractivity contribution >= 4 is 23.6 Å². The molecule has 0 saturated carbocycles. The van der Waals surface area contributed by atoms with Crippen molar-refractivity contribution in [3.05, 3.63) is 65.4 Å². The molecule has 2 aromatic rings. The molecule has 0 heterocycles. The summed E-state index contributed by atoms with van der Waals surface area (Å²) in [5, 5.41) is 4.96. The summed E-state index contributed by atoms with van der Waals surface area (Å²) in [4.78, 5) is 25.2. The first kappa shape index (κ1) is 23.0. The maximum absolute atomic E-state index is 12.9. The molecule has 0 aromatic heterocycles. The molecule has 0 atom stereocenters. The average molecular weight is 420 g/mol. The summed E-state index contributed by atoms with van der Waals surface area (Å²) in [7, 11) is 1.52. The third-order valence-electron chi connectivity index (χ3n) is 4.05. The van der Waals surface area contributed by atoms with E-state index in [-0.39, 0.29) is 11.4 Å². The molecule has 0 radical (unpaired) electrons. The lowest BCUT2D eigenvalue weighted by Crippen LogP contribution is -2.38. The molecule has 0 aliphatic rings. The molecule has 0 aliphatic heterocycles. The number of alkyl halides is 3. The molecule has 0 saturated heterocycles. The Hall–Kier alpha value is -3.29. The summed E-state index contributed by atoms with van der Waals surface area (Å²) in [5.41, 5.74) is -1.22. The smallest absolute Gasteiger partial charge is 0.416 e. The number of amides is 2. The lowest BCUT2D eigenvalue weighted by Gasteiger charge is -2.19. The van der Waals surface area contributed by atoms with Crippen molar-refractivity contribution in [2.24, 2.45) is 5.41 Å². The molecule has 30 heavy (non-hydrogen) atoms. The van der Waals surface area contributed by atoms with Crippen molar-refractivity contribution < 1.29 is 27.5 Å². The summed E-state index contributed by atoms with van der Waals surface area (Å²) in [6.07, 6.45) is -3.10. The highest BCUT2D eigenvalue weighted by molar-refractivity contribution is 6.09. The van der Waals surface area contributed by atoms with Crippen LogP contribution in [0.15, 0.2) is 54.2 Å². The molecule has 0 fully saturated rings. The molecular formula is C22H23F3N2O3. The van der Waals surface area contributed by atoms with E-state index in [2.05, 4.69) is 10.6 Å². The number of carbonyl (C=O) groups is 2. The van der Waals surface area contributed by atoms with Gasteiger partial charge in [0.15, 0.2) is 0 Å². The van der Waals surface area contributed by atoms with Crippen molar-refractivity contribution in [1.82, 2.24) is 5.32 Å². The first-order chi connectivity index (χ1) is 13.9. The molecule has 2 rings (SSSR count). The van der Waals surface area contributed by atoms with E-state index in [0.717, 1.165) is 12.1 Å². The summed E-state index contributed by atoms with van der Waals surface area (Å²) in [5.74, 6) is -0.551. The van der Waals surface area contributed by atoms with Crippen molar-refractivity contribution in [3.63, 3.8) is 0 Å². The second-order valence-corrected chi connectivity index (χ2v) is 7.57. The zero-order valence-corrected chi connectivity index (χ0v) is 17.1. The normalized spacial score (nSPS) is 12.3. The van der Waals surface area contributed by atoms with Gasteiger partial charge >= 0.3 is 6.18 Å². The molecule has 5 nitrogen and oxygen atoms in total. The van der Waals surface area contributed by atoms with E-state index < -0.39 is 29.0 Å². The van der Waals surface area contributed by atoms with Gasteiger partial charge in [-0.05, 0) is 42.0 Å². The fourth-order valence-electron chi connectivity index (χ4n) is 2.31. The molecule has 160 valence electrons. The lowest BCUT2D eigenvalue weighted by atomic mass is 9.95. The average Bonchev–Trinajstić information content (AvgIpc) is 2.66. The number of anilines is 1. The largest absolute Gasteiger partial charge is 0.497 e. The monoisotopic (exact) mass is 420 g/mol. The topological polar surface area (TPSA) is 67.4 Å². The Labute approximate surface area is 172 Å². The Morgan fingerprint density at radius 1 is 1.00 bits per heavy atom. The van der Waals surface area contributed by atoms with Gasteiger partial charge in [-0.15, -0.1) is 0 Å². The van der Waals surface area contributed by atoms with Gasteiger partial charge in [-0.25, -0.2) is 0 Å². The third-order valence-corrected chi connectivity index (χ3v) is 4.05. The number of hydrogen-bond donors (Lipinski definition) is 2. The summed E-state index contributed by atoms with van der Waals surface area (Å²) in [6, 6.07) is 11.0. The lowest BCUT2D eigenvalue weighted by molar-refractivity contribution is -0.137. The van der Waals surface area contributed by atoms with Crippen molar-refractivity contribution in [2.45, 2.75) is 26.9 Å². The van der Waals surface area contributed by atoms with Crippen LogP contribution in [0, 0.1) is 5.41 Å². The van der Waals surface area contributed by atoms with E-state index in [9.17, 15) is 22.8 Å². The van der Waals surface area contributed by atoms with Gasteiger partial charge in [0.05, 0.1) is 12.7 Å². The highest BCUT2D eigenvalue weighted by Crippen LogP contribution is 2.30. The Kier molecular flexibility index (Phi) is 6.92. The molecule has 2 aromatic carbocycles. The zero-order chi connectivity index (χ0) is 22.5. The minimum atomic E-state index is -4.54. The molecule has 2 N–H and O–H groups in total. The second-order valence-electron chi connectivity index (χ2n) is 7.57. The minimum absolute atomic E-state index is 0.0412. The van der Waals surface area contributed by atoms with Crippen molar-refractivity contribution in [2.75, 3.05) is 12.4 Å². The van der Waals surface area contributed by atoms with Crippen LogP contribution in [-0.2, 0) is 15.8 Å². The molecule has 2 amide bonds. The first-order valence-corrected chi connectivity index (χ1v) is 9.06. The van der Waals surface area contributed by atoms with Crippen molar-refractivity contribution in [1.29, 1.82) is 0 Å². The molecule has 0 aliphatic carbocycles. The number of ether oxygens (including phenoxy) is 1. The number of hydrogen-bond acceptors (Lipinski definition) is 3. The van der Waals surface area contributed by atoms with Gasteiger partial charge in [-0.2, -0.15) is 13.2 Å². The predicted octanol–water partition coefficient (Wildman–Crippen LogP) is 4.86. The van der Waals surface area contributed by atoms with E-state index >= 15 is 0 Å². The Morgan fingerprint density at radius 2 is 1.63 bits per heavy atom. The summed E-state index contributed by atoms with van der Waals surface area (Å²) < 4.78 is 43.9. The minimum Gasteiger partial charge on any atom is -0.497 e. The van der Waals surface area contributed by atoms with Crippen LogP contribution in [0.4, 0.5) is 18.9 Å². The summed E-state index contributed by atoms with van der Waals surface area (Å²) >= 11 is 0. The van der Waals surface area contributed by atoms with Gasteiger partial charge in [0.25, 0.3) is 5.91 Å². The number of benzene rings is 2. The molecule has 0 bridgehead atoms. The van der Waals surface area contributed by atoms with Crippen LogP contribution in [-0.4, -0.2) is 18.9 Å². The molecular weight excluding hydrogens is 397 g/mol. The van der Waals surface area contributed by atoms with Gasteiger partial charge in [-0.1, -0.05) is 39.0 Å². The van der Waals surface area contributed by atoms with Crippen LogP contribution in [0.1, 0.15) is 31.9 Å². The fourth-order valence-corrected chi connectivity index (χ4v) is 2.31. The van der Waals surface area contributed by atoms with Gasteiger partial charge in [0.1, 0.15) is 11.4 Å². The Bertz CT molecular complexity index is 943. The highest BCUT2D eigenvalue weighted by Gasteiger charge is 2.30. The van der Waals surface area contributed by atoms with Crippen LogP contribution in [0.25, 0.3) is 6.08 Å². The standard InChI is InChI=1S/C22H23F3N2O3/c1-21(2,3)20(29)27-18(12-14-8-10-17(30-4)11-9-14)19(28)26-16-7-5-6-15(13-16)22(23,24)25/h5-13H,1-4H3,(H,26,28)(H,27,29)/b18-12+. The zero-order valence-electron chi connectivity index (χ0n) is 17.1. The van der Waals surface area contributed by atoms with Gasteiger partial charge in [0.2, 0.25) is 5.91 Å². The van der Waals surface area contributed by atoms with Crippen LogP contribution >= 0.6 is 0 Å². The van der Waals surface area contributed by atoms with E-state index in [4.69, 9.17) is 4.74 Å². The van der Waals surface area contributed by atoms with Crippen LogP contribution in [0.2, 0.25) is 0 Å². The number of nitrogens with one attached hydrogen (secondary N) is 2. The SMILES string of the molecule is COc1ccc(/C=C(/NC(=O)C(C)(C)C)C(=O)Nc2cccc(C(F)(F)F)c2)cc1. The van der Waals surface area contributed by atoms with Gasteiger partial charge in [0, 0.05) is 11.1 Å². The molecule has 0 unspecified atom stereocenters. The molecule has 8 heteroatoms. The Balaban J connectivity index is 2.34. The maximum Gasteiger partial charge on any atom is 0.416 e. The van der Waals surface area contributed by atoms with Crippen molar-refractivity contribution in [3.8, 4) is 5.75 Å². The van der Waals surface area contributed by atoms with Gasteiger partial charge < -0.3 is 15.4 Å². The number of carbonyl (C=O) groups excluding carboxylic acids is 2. The van der Waals surface area contributed by atoms with Gasteiger partial charge in [-0.3, -0.25) is 9.59 Å². The van der Waals surface area contributed by atoms with E-state index in [1.54, 1.807) is 45.0 Å². The second kappa shape index (κ2) is 9.02. The maximum atomic E-state index is 12.9. The first-order valence-electron chi connectivity index (χ1n) is 9.06. The number of halogens is 3. The quantitative estimate of drug-likeness (QED) is 0.679. The highest BCUT2D eigenvalue weighted by atomic mass is 19.4. The Morgan fingerprint density at radius 3 is 2.17 bits per heavy atom. The fraction of sp³-hybridized carbons (Fsp3) is 0.273. The van der Waals surface area contributed by atoms with Crippen LogP contribution < -0.4 is 15.4 Å². The van der Waals surface area contributed by atoms with E-state index in [1.807, 2.05) is 0 Å². The number of methoxy groups -OCH3 is 1. The third kappa shape index (κ3) is 6.37. The van der Waals surface area contributed by atoms with Crippen LogP contribution in [0.5, 0.6) is 5.75 Å². The number of rotatable bonds is 5. The summed E-state index contributed by atoms with van der Waals surface area (Å²) in [6.45, 7) is 5.04. The van der Waals surface area contributed by atoms with E-state index in [1.165, 1.54) is 25.3 Å². The predicted molar refractivity (Wildman–Crippen MR) is 109 cm³/mol. The molecule has 0 spiro atoms. The van der Waals surface area contributed by atoms with Crippen LogP contribution in [0.3, 0.4) is 0 Å². The van der Waals surface area contributed by atoms with E-state index in [0.29, 0.717) is 11.3 Å².